The molecule has 2 rings (SSSR count). The Morgan fingerprint density at radius 2 is 1.48 bits per heavy atom. The third-order valence-electron chi connectivity index (χ3n) is 3.11. The number of carbonyl (C=O) groups is 1. The average molecular weight is 301 g/mol. The summed E-state index contributed by atoms with van der Waals surface area (Å²) in [5, 5.41) is 2.42. The van der Waals surface area contributed by atoms with Crippen LogP contribution in [0.2, 0.25) is 0 Å². The fraction of sp³-hybridized carbons (Fsp3) is 0.235. The zero-order valence-corrected chi connectivity index (χ0v) is 12.8. The molecule has 0 aliphatic rings. The molecule has 1 N–H and O–H groups in total. The first-order valence-electron chi connectivity index (χ1n) is 6.96. The first kappa shape index (κ1) is 15.4. The largest absolute Gasteiger partial charge is 0.356 e. The van der Waals surface area contributed by atoms with E-state index in [1.165, 1.54) is 0 Å². The Bertz CT molecular complexity index is 559. The Hall–Kier alpha value is -1.94. The molecule has 0 bridgehead atoms. The maximum Gasteiger partial charge on any atom is 0.232 e. The van der Waals surface area contributed by atoms with Crippen LogP contribution in [0.4, 0.5) is 0 Å². The highest BCUT2D eigenvalue weighted by atomic mass is 32.2. The number of benzene rings is 2. The molecule has 0 aromatic heterocycles. The van der Waals surface area contributed by atoms with Crippen molar-refractivity contribution in [2.45, 2.75) is 12.2 Å². The van der Waals surface area contributed by atoms with Gasteiger partial charge in [0.2, 0.25) is 5.91 Å². The number of rotatable bonds is 6. The molecular weight excluding hydrogens is 282 g/mol. The lowest BCUT2D eigenvalue weighted by molar-refractivity contribution is -0.118. The molecule has 0 fully saturated rings. The molecule has 1 amide bonds. The minimum atomic E-state index is -1.30. The van der Waals surface area contributed by atoms with Crippen molar-refractivity contribution < 1.29 is 9.00 Å². The summed E-state index contributed by atoms with van der Waals surface area (Å²) in [6.45, 7) is 2.41. The highest BCUT2D eigenvalue weighted by Crippen LogP contribution is 2.28. The molecule has 110 valence electrons. The normalized spacial score (nSPS) is 12.1. The van der Waals surface area contributed by atoms with E-state index >= 15 is 0 Å². The second-order valence-corrected chi connectivity index (χ2v) is 6.20. The van der Waals surface area contributed by atoms with Gasteiger partial charge in [-0.05, 0) is 18.1 Å². The molecule has 0 aliphatic carbocycles. The van der Waals surface area contributed by atoms with E-state index in [1.807, 2.05) is 67.6 Å². The molecule has 1 unspecified atom stereocenters. The van der Waals surface area contributed by atoms with Crippen molar-refractivity contribution >= 4 is 16.7 Å². The van der Waals surface area contributed by atoms with Gasteiger partial charge in [-0.25, -0.2) is 0 Å². The van der Waals surface area contributed by atoms with Crippen LogP contribution in [0.3, 0.4) is 0 Å². The van der Waals surface area contributed by atoms with E-state index in [4.69, 9.17) is 0 Å². The van der Waals surface area contributed by atoms with Crippen LogP contribution in [0.5, 0.6) is 0 Å². The van der Waals surface area contributed by atoms with Crippen LogP contribution in [0.1, 0.15) is 23.3 Å². The first-order chi connectivity index (χ1) is 10.2. The highest BCUT2D eigenvalue weighted by molar-refractivity contribution is 7.86. The second-order valence-electron chi connectivity index (χ2n) is 4.68. The lowest BCUT2D eigenvalue weighted by Crippen LogP contribution is -2.29. The fourth-order valence-electron chi connectivity index (χ4n) is 2.21. The quantitative estimate of drug-likeness (QED) is 0.891. The molecule has 0 aliphatic heterocycles. The Morgan fingerprint density at radius 3 is 1.90 bits per heavy atom. The summed E-state index contributed by atoms with van der Waals surface area (Å²) in [7, 11) is -1.30. The number of hydrogen-bond donors (Lipinski definition) is 1. The van der Waals surface area contributed by atoms with Crippen LogP contribution >= 0.6 is 0 Å². The molecule has 0 saturated carbocycles. The minimum absolute atomic E-state index is 0.0162. The van der Waals surface area contributed by atoms with Gasteiger partial charge in [-0.15, -0.1) is 0 Å². The van der Waals surface area contributed by atoms with E-state index in [0.29, 0.717) is 6.54 Å². The lowest BCUT2D eigenvalue weighted by atomic mass is 10.0. The van der Waals surface area contributed by atoms with Gasteiger partial charge in [0, 0.05) is 17.3 Å². The molecule has 1 atom stereocenters. The van der Waals surface area contributed by atoms with Gasteiger partial charge in [0.25, 0.3) is 0 Å². The summed E-state index contributed by atoms with van der Waals surface area (Å²) in [5.74, 6) is -0.157. The SMILES string of the molecule is CCNC(=O)CS(=O)C(c1ccccc1)c1ccccc1. The predicted molar refractivity (Wildman–Crippen MR) is 86.4 cm³/mol. The maximum absolute atomic E-state index is 12.7. The molecule has 3 nitrogen and oxygen atoms in total. The van der Waals surface area contributed by atoms with Gasteiger partial charge in [0.15, 0.2) is 0 Å². The van der Waals surface area contributed by atoms with Gasteiger partial charge in [0.05, 0.1) is 5.25 Å². The topological polar surface area (TPSA) is 46.2 Å². The molecule has 2 aromatic rings. The van der Waals surface area contributed by atoms with E-state index in [2.05, 4.69) is 5.32 Å². The summed E-state index contributed by atoms with van der Waals surface area (Å²) >= 11 is 0. The van der Waals surface area contributed by atoms with Gasteiger partial charge in [-0.3, -0.25) is 9.00 Å². The van der Waals surface area contributed by atoms with Crippen molar-refractivity contribution in [1.29, 1.82) is 0 Å². The smallest absolute Gasteiger partial charge is 0.232 e. The van der Waals surface area contributed by atoms with E-state index in [9.17, 15) is 9.00 Å². The average Bonchev–Trinajstić information content (AvgIpc) is 2.50. The van der Waals surface area contributed by atoms with Crippen molar-refractivity contribution in [3.63, 3.8) is 0 Å². The van der Waals surface area contributed by atoms with Crippen molar-refractivity contribution in [2.24, 2.45) is 0 Å². The number of carbonyl (C=O) groups excluding carboxylic acids is 1. The van der Waals surface area contributed by atoms with Crippen LogP contribution in [-0.2, 0) is 15.6 Å². The highest BCUT2D eigenvalue weighted by Gasteiger charge is 2.22. The lowest BCUT2D eigenvalue weighted by Gasteiger charge is -2.17. The van der Waals surface area contributed by atoms with Gasteiger partial charge in [-0.1, -0.05) is 60.7 Å². The zero-order valence-electron chi connectivity index (χ0n) is 12.0. The van der Waals surface area contributed by atoms with Gasteiger partial charge in [0.1, 0.15) is 5.75 Å². The predicted octanol–water partition coefficient (Wildman–Crippen LogP) is 2.66. The molecule has 4 heteroatoms. The maximum atomic E-state index is 12.7. The van der Waals surface area contributed by atoms with E-state index in [-0.39, 0.29) is 16.9 Å². The third-order valence-corrected chi connectivity index (χ3v) is 4.73. The zero-order chi connectivity index (χ0) is 15.1. The second kappa shape index (κ2) is 7.74. The van der Waals surface area contributed by atoms with E-state index in [1.54, 1.807) is 0 Å². The number of hydrogen-bond acceptors (Lipinski definition) is 2. The summed E-state index contributed by atoms with van der Waals surface area (Å²) in [5.41, 5.74) is 1.93. The number of nitrogens with one attached hydrogen (secondary N) is 1. The van der Waals surface area contributed by atoms with Gasteiger partial charge in [-0.2, -0.15) is 0 Å². The monoisotopic (exact) mass is 301 g/mol. The molecular formula is C17H19NO2S. The van der Waals surface area contributed by atoms with Crippen molar-refractivity contribution in [3.05, 3.63) is 71.8 Å². The van der Waals surface area contributed by atoms with Crippen LogP contribution in [0, 0.1) is 0 Å². The number of amides is 1. The molecule has 2 aromatic carbocycles. The standard InChI is InChI=1S/C17H19NO2S/c1-2-18-16(19)13-21(20)17(14-9-5-3-6-10-14)15-11-7-4-8-12-15/h3-12,17H,2,13H2,1H3,(H,18,19). The minimum Gasteiger partial charge on any atom is -0.356 e. The summed E-state index contributed by atoms with van der Waals surface area (Å²) in [4.78, 5) is 11.7. The fourth-order valence-corrected chi connectivity index (χ4v) is 3.66. The van der Waals surface area contributed by atoms with Gasteiger partial charge < -0.3 is 5.32 Å². The van der Waals surface area contributed by atoms with E-state index in [0.717, 1.165) is 11.1 Å². The Morgan fingerprint density at radius 1 is 1.00 bits per heavy atom. The summed E-state index contributed by atoms with van der Waals surface area (Å²) in [6.07, 6.45) is 0. The van der Waals surface area contributed by atoms with Crippen LogP contribution in [0.15, 0.2) is 60.7 Å². The molecule has 21 heavy (non-hydrogen) atoms. The van der Waals surface area contributed by atoms with Gasteiger partial charge >= 0.3 is 0 Å². The molecule has 0 heterocycles. The van der Waals surface area contributed by atoms with Crippen LogP contribution < -0.4 is 5.32 Å². The van der Waals surface area contributed by atoms with Crippen molar-refractivity contribution in [2.75, 3.05) is 12.3 Å². The van der Waals surface area contributed by atoms with E-state index < -0.39 is 10.8 Å². The Kier molecular flexibility index (Phi) is 5.69. The molecule has 0 saturated heterocycles. The Balaban J connectivity index is 2.29. The molecule has 0 radical (unpaired) electrons. The molecule has 0 spiro atoms. The van der Waals surface area contributed by atoms with Crippen LogP contribution in [0.25, 0.3) is 0 Å². The van der Waals surface area contributed by atoms with Crippen molar-refractivity contribution in [1.82, 2.24) is 5.32 Å². The summed E-state index contributed by atoms with van der Waals surface area (Å²) < 4.78 is 12.7. The van der Waals surface area contributed by atoms with Crippen LogP contribution in [-0.4, -0.2) is 22.4 Å². The summed E-state index contributed by atoms with van der Waals surface area (Å²) in [6, 6.07) is 19.4. The first-order valence-corrected chi connectivity index (χ1v) is 8.34. The Labute approximate surface area is 127 Å². The van der Waals surface area contributed by atoms with Crippen molar-refractivity contribution in [3.8, 4) is 0 Å². The third kappa shape index (κ3) is 4.26.